The Bertz CT molecular complexity index is 1050. The van der Waals surface area contributed by atoms with Crippen molar-refractivity contribution in [3.05, 3.63) is 34.9 Å². The van der Waals surface area contributed by atoms with E-state index in [0.29, 0.717) is 11.3 Å². The van der Waals surface area contributed by atoms with Gasteiger partial charge in [0.25, 0.3) is 6.33 Å². The number of aliphatic hydroxyl groups excluding tert-OH is 1. The Balaban J connectivity index is 1.67. The normalized spacial score (nSPS) is 24.6. The molecule has 1 fully saturated rings. The third-order valence-electron chi connectivity index (χ3n) is 5.68. The number of nitrogens with zero attached hydrogens (tertiary/aromatic N) is 3. The number of aliphatic carboxylic acids is 1. The highest BCUT2D eigenvalue weighted by molar-refractivity contribution is 7.15. The number of hydrogen-bond acceptors (Lipinski definition) is 6. The maximum atomic E-state index is 12.4. The first kappa shape index (κ1) is 19.6. The summed E-state index contributed by atoms with van der Waals surface area (Å²) in [6.07, 6.45) is 2.72. The van der Waals surface area contributed by atoms with E-state index in [-0.39, 0.29) is 36.7 Å². The molecule has 0 unspecified atom stereocenters. The average molecular weight is 420 g/mol. The predicted octanol–water partition coefficient (Wildman–Crippen LogP) is 0.661. The van der Waals surface area contributed by atoms with Crippen LogP contribution in [-0.4, -0.2) is 56.1 Å². The molecule has 1 amide bonds. The quantitative estimate of drug-likeness (QED) is 0.403. The minimum absolute atomic E-state index is 0.00271. The number of carboxylic acid groups (broad SMARTS) is 1. The van der Waals surface area contributed by atoms with Gasteiger partial charge >= 0.3 is 11.9 Å². The van der Waals surface area contributed by atoms with Crippen molar-refractivity contribution < 1.29 is 33.9 Å². The molecular formula is C19H22N3O6S+. The van der Waals surface area contributed by atoms with Gasteiger partial charge in [-0.15, -0.1) is 0 Å². The standard InChI is InChI=1S/C19H21N3O6S/c1-4-28-19(27)12-7-29-13-6-20(8-21(12)13)5-11-9(2)15-14(10(3)23)17(24)22(15)16(11)18(25)26/h6-10,14-15,23H,4-5H2,1-3H3/p+1/t9-,10+,14+,15+/m0/s1. The Kier molecular flexibility index (Phi) is 4.70. The van der Waals surface area contributed by atoms with Crippen LogP contribution in [-0.2, 0) is 20.9 Å². The highest BCUT2D eigenvalue weighted by Crippen LogP contribution is 2.47. The van der Waals surface area contributed by atoms with Crippen LogP contribution in [0.15, 0.2) is 29.2 Å². The number of fused-ring (bicyclic) bond motifs is 2. The van der Waals surface area contributed by atoms with Gasteiger partial charge in [0.1, 0.15) is 18.4 Å². The van der Waals surface area contributed by atoms with E-state index in [9.17, 15) is 24.6 Å². The molecule has 1 saturated heterocycles. The average Bonchev–Trinajstić information content (AvgIpc) is 3.26. The second-order valence-corrected chi connectivity index (χ2v) is 8.29. The Morgan fingerprint density at radius 1 is 1.41 bits per heavy atom. The maximum Gasteiger partial charge on any atom is 0.379 e. The number of β-lactam (4-membered cyclic amide) rings is 1. The fourth-order valence-electron chi connectivity index (χ4n) is 4.37. The van der Waals surface area contributed by atoms with Crippen LogP contribution < -0.4 is 4.57 Å². The number of aliphatic hydroxyl groups is 1. The van der Waals surface area contributed by atoms with Crippen LogP contribution in [0.3, 0.4) is 0 Å². The van der Waals surface area contributed by atoms with E-state index in [1.807, 2.05) is 13.1 Å². The summed E-state index contributed by atoms with van der Waals surface area (Å²) in [5, 5.41) is 21.4. The first-order chi connectivity index (χ1) is 13.8. The first-order valence-corrected chi connectivity index (χ1v) is 10.3. The molecule has 4 atom stereocenters. The summed E-state index contributed by atoms with van der Waals surface area (Å²) in [5.41, 5.74) is 1.03. The van der Waals surface area contributed by atoms with E-state index < -0.39 is 24.0 Å². The Hall–Kier alpha value is -2.72. The van der Waals surface area contributed by atoms with Crippen LogP contribution in [0.2, 0.25) is 0 Å². The molecule has 154 valence electrons. The molecule has 0 bridgehead atoms. The third-order valence-corrected chi connectivity index (χ3v) is 6.57. The number of esters is 1. The highest BCUT2D eigenvalue weighted by atomic mass is 32.1. The molecule has 4 heterocycles. The SMILES string of the molecule is CCOC(=O)c1csc2c[n+](CC3=C(C(=O)O)N4C(=O)[C@H]([C@@H](C)O)[C@H]4[C@H]3C)cn12. The van der Waals surface area contributed by atoms with E-state index in [1.54, 1.807) is 34.5 Å². The lowest BCUT2D eigenvalue weighted by Crippen LogP contribution is -2.63. The maximum absolute atomic E-state index is 12.4. The van der Waals surface area contributed by atoms with Gasteiger partial charge < -0.3 is 19.8 Å². The zero-order valence-corrected chi connectivity index (χ0v) is 17.0. The molecule has 0 saturated carbocycles. The van der Waals surface area contributed by atoms with E-state index in [2.05, 4.69) is 0 Å². The van der Waals surface area contributed by atoms with Gasteiger partial charge in [-0.25, -0.2) is 14.2 Å². The van der Waals surface area contributed by atoms with Crippen LogP contribution in [0.4, 0.5) is 0 Å². The highest BCUT2D eigenvalue weighted by Gasteiger charge is 2.60. The van der Waals surface area contributed by atoms with Crippen molar-refractivity contribution in [1.82, 2.24) is 9.30 Å². The molecule has 2 N–H and O–H groups in total. The van der Waals surface area contributed by atoms with E-state index in [4.69, 9.17) is 4.74 Å². The molecule has 2 aromatic heterocycles. The van der Waals surface area contributed by atoms with Gasteiger partial charge in [-0.05, 0) is 13.8 Å². The number of amides is 1. The molecule has 9 nitrogen and oxygen atoms in total. The zero-order chi connectivity index (χ0) is 21.0. The number of imidazole rings is 1. The summed E-state index contributed by atoms with van der Waals surface area (Å²) in [4.78, 5) is 38.6. The van der Waals surface area contributed by atoms with Crippen LogP contribution in [0.5, 0.6) is 0 Å². The van der Waals surface area contributed by atoms with Crippen molar-refractivity contribution in [3.8, 4) is 0 Å². The number of ether oxygens (including phenoxy) is 1. The molecule has 4 rings (SSSR count). The van der Waals surface area contributed by atoms with Gasteiger partial charge in [0.2, 0.25) is 16.4 Å². The van der Waals surface area contributed by atoms with Gasteiger partial charge in [0, 0.05) is 11.5 Å². The summed E-state index contributed by atoms with van der Waals surface area (Å²) in [6.45, 7) is 5.72. The molecule has 2 aromatic rings. The van der Waals surface area contributed by atoms with Crippen molar-refractivity contribution in [2.24, 2.45) is 11.8 Å². The molecule has 0 aliphatic carbocycles. The summed E-state index contributed by atoms with van der Waals surface area (Å²) in [5.74, 6) is -2.71. The van der Waals surface area contributed by atoms with Gasteiger partial charge in [0.05, 0.1) is 30.1 Å². The number of hydrogen-bond donors (Lipinski definition) is 2. The Morgan fingerprint density at radius 2 is 2.14 bits per heavy atom. The molecule has 0 aromatic carbocycles. The van der Waals surface area contributed by atoms with E-state index >= 15 is 0 Å². The first-order valence-electron chi connectivity index (χ1n) is 9.39. The van der Waals surface area contributed by atoms with Crippen molar-refractivity contribution in [3.63, 3.8) is 0 Å². The van der Waals surface area contributed by atoms with Crippen LogP contribution in [0, 0.1) is 11.8 Å². The van der Waals surface area contributed by atoms with Crippen molar-refractivity contribution >= 4 is 34.0 Å². The zero-order valence-electron chi connectivity index (χ0n) is 16.2. The van der Waals surface area contributed by atoms with Gasteiger partial charge in [-0.2, -0.15) is 4.40 Å². The molecule has 0 spiro atoms. The molecule has 2 aliphatic rings. The number of thiazole rings is 1. The van der Waals surface area contributed by atoms with Gasteiger partial charge in [0.15, 0.2) is 0 Å². The van der Waals surface area contributed by atoms with Crippen LogP contribution >= 0.6 is 11.3 Å². The Labute approximate surface area is 170 Å². The Morgan fingerprint density at radius 3 is 2.76 bits per heavy atom. The van der Waals surface area contributed by atoms with Gasteiger partial charge in [-0.1, -0.05) is 18.3 Å². The summed E-state index contributed by atoms with van der Waals surface area (Å²) in [6, 6.07) is -0.344. The lowest BCUT2D eigenvalue weighted by molar-refractivity contribution is -0.688. The van der Waals surface area contributed by atoms with E-state index in [0.717, 1.165) is 4.83 Å². The van der Waals surface area contributed by atoms with Crippen molar-refractivity contribution in [2.75, 3.05) is 6.61 Å². The molecule has 0 radical (unpaired) electrons. The van der Waals surface area contributed by atoms with Gasteiger partial charge in [-0.3, -0.25) is 4.79 Å². The topological polar surface area (TPSA) is 112 Å². The number of carbonyl (C=O) groups is 3. The molecular weight excluding hydrogens is 398 g/mol. The largest absolute Gasteiger partial charge is 0.477 e. The molecule has 29 heavy (non-hydrogen) atoms. The minimum atomic E-state index is -1.15. The summed E-state index contributed by atoms with van der Waals surface area (Å²) < 4.78 is 8.58. The lowest BCUT2D eigenvalue weighted by Gasteiger charge is -2.46. The fraction of sp³-hybridized carbons (Fsp3) is 0.474. The van der Waals surface area contributed by atoms with Crippen molar-refractivity contribution in [1.29, 1.82) is 0 Å². The number of rotatable bonds is 6. The second kappa shape index (κ2) is 6.96. The fourth-order valence-corrected chi connectivity index (χ4v) is 5.27. The summed E-state index contributed by atoms with van der Waals surface area (Å²) in [7, 11) is 0. The number of carbonyl (C=O) groups excluding carboxylic acids is 2. The third kappa shape index (κ3) is 2.85. The molecule has 2 aliphatic heterocycles. The summed E-state index contributed by atoms with van der Waals surface area (Å²) >= 11 is 1.38. The second-order valence-electron chi connectivity index (χ2n) is 7.40. The monoisotopic (exact) mass is 420 g/mol. The molecule has 10 heteroatoms. The number of aromatic nitrogens is 2. The minimum Gasteiger partial charge on any atom is -0.477 e. The smallest absolute Gasteiger partial charge is 0.379 e. The predicted molar refractivity (Wildman–Crippen MR) is 101 cm³/mol. The van der Waals surface area contributed by atoms with E-state index in [1.165, 1.54) is 16.2 Å². The van der Waals surface area contributed by atoms with Crippen LogP contribution in [0.25, 0.3) is 4.83 Å². The van der Waals surface area contributed by atoms with Crippen molar-refractivity contribution in [2.45, 2.75) is 39.5 Å². The van der Waals surface area contributed by atoms with Crippen LogP contribution in [0.1, 0.15) is 31.3 Å². The lowest BCUT2D eigenvalue weighted by atomic mass is 9.78. The number of carboxylic acids is 1.